The van der Waals surface area contributed by atoms with Gasteiger partial charge in [0.05, 0.1) is 19.3 Å². The molecule has 0 bridgehead atoms. The Balaban J connectivity index is 1.69. The van der Waals surface area contributed by atoms with E-state index in [-0.39, 0.29) is 0 Å². The number of morpholine rings is 1. The van der Waals surface area contributed by atoms with Crippen LogP contribution in [0.5, 0.6) is 0 Å². The van der Waals surface area contributed by atoms with Crippen molar-refractivity contribution in [1.29, 1.82) is 0 Å². The number of hydrogen-bond acceptors (Lipinski definition) is 4. The predicted octanol–water partition coefficient (Wildman–Crippen LogP) is 0.994. The minimum atomic E-state index is 0.470. The highest BCUT2D eigenvalue weighted by molar-refractivity contribution is 4.94. The molecule has 0 aromatic rings. The van der Waals surface area contributed by atoms with Gasteiger partial charge in [0, 0.05) is 31.8 Å². The molecule has 0 amide bonds. The standard InChI is InChI=1S/C14H26N2O2/c15-9-13(11-3-2-7-17-10-11)16-6-8-18-14-5-1-4-12(14)16/h11-14H,1-10,15H2. The Morgan fingerprint density at radius 3 is 2.89 bits per heavy atom. The average Bonchev–Trinajstić information content (AvgIpc) is 2.90. The second kappa shape index (κ2) is 5.87. The summed E-state index contributed by atoms with van der Waals surface area (Å²) in [6.45, 7) is 4.53. The summed E-state index contributed by atoms with van der Waals surface area (Å²) in [7, 11) is 0. The van der Waals surface area contributed by atoms with Crippen molar-refractivity contribution in [2.75, 3.05) is 32.9 Å². The molecular formula is C14H26N2O2. The second-order valence-electron chi connectivity index (χ2n) is 5.93. The fourth-order valence-corrected chi connectivity index (χ4v) is 4.04. The largest absolute Gasteiger partial charge is 0.381 e. The van der Waals surface area contributed by atoms with Crippen LogP contribution >= 0.6 is 0 Å². The summed E-state index contributed by atoms with van der Waals surface area (Å²) < 4.78 is 11.6. The smallest absolute Gasteiger partial charge is 0.0731 e. The van der Waals surface area contributed by atoms with Crippen LogP contribution in [-0.4, -0.2) is 56.0 Å². The van der Waals surface area contributed by atoms with Gasteiger partial charge in [-0.2, -0.15) is 0 Å². The van der Waals surface area contributed by atoms with Crippen LogP contribution in [0, 0.1) is 5.92 Å². The summed E-state index contributed by atoms with van der Waals surface area (Å²) in [6.07, 6.45) is 6.77. The van der Waals surface area contributed by atoms with Gasteiger partial charge < -0.3 is 15.2 Å². The number of hydrogen-bond donors (Lipinski definition) is 1. The molecule has 4 heteroatoms. The van der Waals surface area contributed by atoms with Crippen molar-refractivity contribution in [3.63, 3.8) is 0 Å². The molecule has 0 aromatic carbocycles. The first kappa shape index (κ1) is 12.9. The maximum atomic E-state index is 6.08. The molecule has 4 nitrogen and oxygen atoms in total. The Morgan fingerprint density at radius 1 is 1.17 bits per heavy atom. The van der Waals surface area contributed by atoms with Gasteiger partial charge >= 0.3 is 0 Å². The van der Waals surface area contributed by atoms with Crippen LogP contribution in [0.1, 0.15) is 32.1 Å². The number of rotatable bonds is 3. The van der Waals surface area contributed by atoms with E-state index in [4.69, 9.17) is 15.2 Å². The zero-order valence-corrected chi connectivity index (χ0v) is 11.2. The fourth-order valence-electron chi connectivity index (χ4n) is 4.04. The van der Waals surface area contributed by atoms with E-state index in [1.807, 2.05) is 0 Å². The highest BCUT2D eigenvalue weighted by atomic mass is 16.5. The van der Waals surface area contributed by atoms with Gasteiger partial charge in [-0.1, -0.05) is 0 Å². The van der Waals surface area contributed by atoms with Crippen LogP contribution in [0.25, 0.3) is 0 Å². The number of ether oxygens (including phenoxy) is 2. The van der Waals surface area contributed by atoms with Crippen molar-refractivity contribution in [1.82, 2.24) is 4.90 Å². The topological polar surface area (TPSA) is 47.7 Å². The van der Waals surface area contributed by atoms with Gasteiger partial charge in [0.15, 0.2) is 0 Å². The van der Waals surface area contributed by atoms with Crippen LogP contribution in [0.3, 0.4) is 0 Å². The van der Waals surface area contributed by atoms with E-state index in [0.29, 0.717) is 24.1 Å². The molecule has 2 N–H and O–H groups in total. The SMILES string of the molecule is NCC(C1CCCOC1)N1CCOC2CCCC21. The number of nitrogens with two attached hydrogens (primary N) is 1. The molecule has 0 radical (unpaired) electrons. The average molecular weight is 254 g/mol. The summed E-state index contributed by atoms with van der Waals surface area (Å²) in [5, 5.41) is 0. The second-order valence-corrected chi connectivity index (χ2v) is 5.93. The molecule has 2 saturated heterocycles. The van der Waals surface area contributed by atoms with E-state index in [9.17, 15) is 0 Å². The van der Waals surface area contributed by atoms with Crippen LogP contribution in [0.2, 0.25) is 0 Å². The summed E-state index contributed by atoms with van der Waals surface area (Å²) in [5.74, 6) is 0.628. The van der Waals surface area contributed by atoms with E-state index in [1.165, 1.54) is 32.1 Å². The first-order chi connectivity index (χ1) is 8.90. The van der Waals surface area contributed by atoms with E-state index >= 15 is 0 Å². The lowest BCUT2D eigenvalue weighted by Gasteiger charge is -2.45. The van der Waals surface area contributed by atoms with E-state index in [2.05, 4.69) is 4.90 Å². The van der Waals surface area contributed by atoms with Crippen LogP contribution < -0.4 is 5.73 Å². The summed E-state index contributed by atoms with van der Waals surface area (Å²) >= 11 is 0. The van der Waals surface area contributed by atoms with Crippen molar-refractivity contribution in [3.8, 4) is 0 Å². The third-order valence-corrected chi connectivity index (χ3v) is 4.93. The molecule has 2 aliphatic heterocycles. The lowest BCUT2D eigenvalue weighted by Crippen LogP contribution is -2.58. The first-order valence-corrected chi connectivity index (χ1v) is 7.55. The third-order valence-electron chi connectivity index (χ3n) is 4.93. The number of nitrogens with zero attached hydrogens (tertiary/aromatic N) is 1. The molecule has 0 aromatic heterocycles. The summed E-state index contributed by atoms with van der Waals surface area (Å²) in [5.41, 5.74) is 6.08. The summed E-state index contributed by atoms with van der Waals surface area (Å²) in [6, 6.07) is 1.12. The molecule has 4 unspecified atom stereocenters. The quantitative estimate of drug-likeness (QED) is 0.816. The first-order valence-electron chi connectivity index (χ1n) is 7.55. The zero-order valence-electron chi connectivity index (χ0n) is 11.2. The lowest BCUT2D eigenvalue weighted by molar-refractivity contribution is -0.0904. The van der Waals surface area contributed by atoms with Gasteiger partial charge in [-0.05, 0) is 38.0 Å². The molecule has 104 valence electrons. The van der Waals surface area contributed by atoms with Crippen LogP contribution in [0.4, 0.5) is 0 Å². The summed E-state index contributed by atoms with van der Waals surface area (Å²) in [4.78, 5) is 2.65. The fraction of sp³-hybridized carbons (Fsp3) is 1.00. The van der Waals surface area contributed by atoms with Gasteiger partial charge in [0.25, 0.3) is 0 Å². The van der Waals surface area contributed by atoms with Gasteiger partial charge in [0.1, 0.15) is 0 Å². The van der Waals surface area contributed by atoms with Crippen molar-refractivity contribution in [3.05, 3.63) is 0 Å². The molecule has 2 heterocycles. The van der Waals surface area contributed by atoms with Gasteiger partial charge in [-0.15, -0.1) is 0 Å². The molecule has 3 fully saturated rings. The van der Waals surface area contributed by atoms with E-state index < -0.39 is 0 Å². The highest BCUT2D eigenvalue weighted by Crippen LogP contribution is 2.33. The Kier molecular flexibility index (Phi) is 4.19. The van der Waals surface area contributed by atoms with Gasteiger partial charge in [0.2, 0.25) is 0 Å². The van der Waals surface area contributed by atoms with E-state index in [1.54, 1.807) is 0 Å². The maximum absolute atomic E-state index is 6.08. The van der Waals surface area contributed by atoms with Crippen LogP contribution in [-0.2, 0) is 9.47 Å². The Bertz CT molecular complexity index is 269. The Hall–Kier alpha value is -0.160. The molecule has 0 spiro atoms. The van der Waals surface area contributed by atoms with Crippen LogP contribution in [0.15, 0.2) is 0 Å². The molecule has 1 saturated carbocycles. The minimum Gasteiger partial charge on any atom is -0.381 e. The monoisotopic (exact) mass is 254 g/mol. The normalized spacial score (nSPS) is 39.5. The Labute approximate surface area is 110 Å². The van der Waals surface area contributed by atoms with Gasteiger partial charge in [-0.3, -0.25) is 4.90 Å². The lowest BCUT2D eigenvalue weighted by atomic mass is 9.90. The van der Waals surface area contributed by atoms with Crippen molar-refractivity contribution in [2.45, 2.75) is 50.3 Å². The molecule has 1 aliphatic carbocycles. The van der Waals surface area contributed by atoms with Crippen molar-refractivity contribution < 1.29 is 9.47 Å². The molecule has 3 rings (SSSR count). The van der Waals surface area contributed by atoms with Crippen molar-refractivity contribution in [2.24, 2.45) is 11.7 Å². The zero-order chi connectivity index (χ0) is 12.4. The Morgan fingerprint density at radius 2 is 2.11 bits per heavy atom. The predicted molar refractivity (Wildman–Crippen MR) is 70.5 cm³/mol. The molecule has 4 atom stereocenters. The molecule has 18 heavy (non-hydrogen) atoms. The van der Waals surface area contributed by atoms with Gasteiger partial charge in [-0.25, -0.2) is 0 Å². The highest BCUT2D eigenvalue weighted by Gasteiger charge is 2.41. The van der Waals surface area contributed by atoms with Crippen molar-refractivity contribution >= 4 is 0 Å². The maximum Gasteiger partial charge on any atom is 0.0731 e. The minimum absolute atomic E-state index is 0.470. The molecule has 3 aliphatic rings. The number of fused-ring (bicyclic) bond motifs is 1. The third kappa shape index (κ3) is 2.44. The molecular weight excluding hydrogens is 228 g/mol. The van der Waals surface area contributed by atoms with E-state index in [0.717, 1.165) is 32.9 Å².